The maximum absolute atomic E-state index is 2.34. The number of fused-ring (bicyclic) bond motifs is 7. The van der Waals surface area contributed by atoms with Gasteiger partial charge in [0, 0.05) is 5.41 Å². The molecule has 1 aliphatic rings. The summed E-state index contributed by atoms with van der Waals surface area (Å²) < 4.78 is 0. The molecule has 0 amide bonds. The highest BCUT2D eigenvalue weighted by atomic mass is 14.4. The maximum Gasteiger partial charge on any atom is 0.0159 e. The van der Waals surface area contributed by atoms with Crippen molar-refractivity contribution in [3.63, 3.8) is 0 Å². The van der Waals surface area contributed by atoms with E-state index in [1.807, 2.05) is 0 Å². The molecule has 23 heavy (non-hydrogen) atoms. The van der Waals surface area contributed by atoms with Crippen molar-refractivity contribution in [2.45, 2.75) is 19.3 Å². The lowest BCUT2D eigenvalue weighted by Crippen LogP contribution is -2.14. The molecule has 0 bridgehead atoms. The molecule has 0 atom stereocenters. The summed E-state index contributed by atoms with van der Waals surface area (Å²) in [5.74, 6) is 0. The Morgan fingerprint density at radius 3 is 2.22 bits per heavy atom. The molecule has 0 unspecified atom stereocenters. The van der Waals surface area contributed by atoms with E-state index >= 15 is 0 Å². The van der Waals surface area contributed by atoms with Gasteiger partial charge in [-0.1, -0.05) is 86.6 Å². The van der Waals surface area contributed by atoms with Gasteiger partial charge in [0.25, 0.3) is 0 Å². The lowest BCUT2D eigenvalue weighted by molar-refractivity contribution is 0.661. The summed E-state index contributed by atoms with van der Waals surface area (Å²) in [7, 11) is 0. The summed E-state index contributed by atoms with van der Waals surface area (Å²) in [6.45, 7) is 4.68. The Morgan fingerprint density at radius 2 is 1.30 bits per heavy atom. The second-order valence-electron chi connectivity index (χ2n) is 7.04. The molecule has 0 heteroatoms. The molecule has 0 aliphatic heterocycles. The molecule has 0 fully saturated rings. The third-order valence-corrected chi connectivity index (χ3v) is 5.47. The van der Waals surface area contributed by atoms with Gasteiger partial charge in [0.15, 0.2) is 0 Å². The minimum Gasteiger partial charge on any atom is -0.0619 e. The number of rotatable bonds is 0. The molecule has 0 aromatic heterocycles. The Kier molecular flexibility index (Phi) is 2.37. The van der Waals surface area contributed by atoms with Gasteiger partial charge in [0.2, 0.25) is 0 Å². The van der Waals surface area contributed by atoms with Crippen molar-refractivity contribution in [3.05, 3.63) is 83.9 Å². The first-order chi connectivity index (χ1) is 11.2. The summed E-state index contributed by atoms with van der Waals surface area (Å²) in [4.78, 5) is 0. The van der Waals surface area contributed by atoms with Crippen LogP contribution in [0.25, 0.3) is 32.7 Å². The van der Waals surface area contributed by atoms with Crippen LogP contribution >= 0.6 is 0 Å². The van der Waals surface area contributed by atoms with Crippen LogP contribution in [-0.4, -0.2) is 0 Å². The fourth-order valence-electron chi connectivity index (χ4n) is 4.29. The van der Waals surface area contributed by atoms with Gasteiger partial charge in [-0.15, -0.1) is 0 Å². The standard InChI is InChI=1S/C23H18/c1-23(2)20-10-6-5-9-19(20)22-18-12-11-15-7-3-4-8-16(15)17(18)13-14-21(22)23/h3-14H,1-2H3. The molecule has 1 aliphatic carbocycles. The zero-order valence-corrected chi connectivity index (χ0v) is 13.4. The average Bonchev–Trinajstić information content (AvgIpc) is 2.83. The van der Waals surface area contributed by atoms with Crippen LogP contribution in [0, 0.1) is 0 Å². The fraction of sp³-hybridized carbons (Fsp3) is 0.130. The highest BCUT2D eigenvalue weighted by Crippen LogP contribution is 2.51. The first-order valence-electron chi connectivity index (χ1n) is 8.23. The van der Waals surface area contributed by atoms with Crippen molar-refractivity contribution in [1.82, 2.24) is 0 Å². The zero-order valence-electron chi connectivity index (χ0n) is 13.4. The molecule has 5 rings (SSSR count). The summed E-state index contributed by atoms with van der Waals surface area (Å²) in [6, 6.07) is 26.7. The van der Waals surface area contributed by atoms with Crippen LogP contribution in [0.4, 0.5) is 0 Å². The van der Waals surface area contributed by atoms with E-state index in [4.69, 9.17) is 0 Å². The van der Waals surface area contributed by atoms with Gasteiger partial charge in [0.1, 0.15) is 0 Å². The van der Waals surface area contributed by atoms with Crippen molar-refractivity contribution in [2.24, 2.45) is 0 Å². The molecular weight excluding hydrogens is 276 g/mol. The van der Waals surface area contributed by atoms with E-state index < -0.39 is 0 Å². The zero-order chi connectivity index (χ0) is 15.6. The van der Waals surface area contributed by atoms with Gasteiger partial charge < -0.3 is 0 Å². The maximum atomic E-state index is 2.34. The lowest BCUT2D eigenvalue weighted by atomic mass is 9.82. The second-order valence-corrected chi connectivity index (χ2v) is 7.04. The van der Waals surface area contributed by atoms with Crippen molar-refractivity contribution < 1.29 is 0 Å². The van der Waals surface area contributed by atoms with Gasteiger partial charge >= 0.3 is 0 Å². The van der Waals surface area contributed by atoms with E-state index in [2.05, 4.69) is 86.6 Å². The summed E-state index contributed by atoms with van der Waals surface area (Å²) in [6.07, 6.45) is 0. The van der Waals surface area contributed by atoms with Gasteiger partial charge in [-0.05, 0) is 43.8 Å². The summed E-state index contributed by atoms with van der Waals surface area (Å²) in [5, 5.41) is 5.38. The molecule has 0 radical (unpaired) electrons. The van der Waals surface area contributed by atoms with Crippen LogP contribution in [0.3, 0.4) is 0 Å². The van der Waals surface area contributed by atoms with Crippen molar-refractivity contribution in [2.75, 3.05) is 0 Å². The predicted octanol–water partition coefficient (Wildman–Crippen LogP) is 6.30. The van der Waals surface area contributed by atoms with E-state index in [1.54, 1.807) is 0 Å². The summed E-state index contributed by atoms with van der Waals surface area (Å²) >= 11 is 0. The minimum absolute atomic E-state index is 0.0752. The topological polar surface area (TPSA) is 0 Å². The average molecular weight is 294 g/mol. The molecule has 0 spiro atoms. The van der Waals surface area contributed by atoms with Crippen molar-refractivity contribution >= 4 is 21.5 Å². The van der Waals surface area contributed by atoms with E-state index in [0.29, 0.717) is 0 Å². The van der Waals surface area contributed by atoms with Crippen LogP contribution in [0.2, 0.25) is 0 Å². The third-order valence-electron chi connectivity index (χ3n) is 5.47. The Balaban J connectivity index is 2.00. The Morgan fingerprint density at radius 1 is 0.565 bits per heavy atom. The smallest absolute Gasteiger partial charge is 0.0159 e. The number of benzene rings is 4. The molecule has 0 N–H and O–H groups in total. The molecule has 0 saturated carbocycles. The highest BCUT2D eigenvalue weighted by Gasteiger charge is 2.35. The van der Waals surface area contributed by atoms with Crippen LogP contribution in [-0.2, 0) is 5.41 Å². The molecule has 0 saturated heterocycles. The Bertz CT molecular complexity index is 1080. The van der Waals surface area contributed by atoms with E-state index in [1.165, 1.54) is 43.8 Å². The quantitative estimate of drug-likeness (QED) is 0.334. The normalized spacial score (nSPS) is 14.9. The van der Waals surface area contributed by atoms with Gasteiger partial charge in [-0.2, -0.15) is 0 Å². The van der Waals surface area contributed by atoms with Crippen LogP contribution in [0.15, 0.2) is 72.8 Å². The Labute approximate surface area is 136 Å². The summed E-state index contributed by atoms with van der Waals surface area (Å²) in [5.41, 5.74) is 5.78. The van der Waals surface area contributed by atoms with E-state index in [-0.39, 0.29) is 5.41 Å². The van der Waals surface area contributed by atoms with Gasteiger partial charge in [0.05, 0.1) is 0 Å². The largest absolute Gasteiger partial charge is 0.0619 e. The number of hydrogen-bond donors (Lipinski definition) is 0. The molecule has 0 nitrogen and oxygen atoms in total. The van der Waals surface area contributed by atoms with E-state index in [0.717, 1.165) is 0 Å². The molecular formula is C23H18. The van der Waals surface area contributed by atoms with Crippen LogP contribution in [0.5, 0.6) is 0 Å². The second kappa shape index (κ2) is 4.23. The lowest BCUT2D eigenvalue weighted by Gasteiger charge is -2.21. The highest BCUT2D eigenvalue weighted by molar-refractivity contribution is 6.14. The number of hydrogen-bond acceptors (Lipinski definition) is 0. The third kappa shape index (κ3) is 1.56. The van der Waals surface area contributed by atoms with Crippen LogP contribution < -0.4 is 0 Å². The van der Waals surface area contributed by atoms with E-state index in [9.17, 15) is 0 Å². The first kappa shape index (κ1) is 12.9. The SMILES string of the molecule is CC1(C)c2ccccc2-c2c1ccc1c2ccc2ccccc21. The molecule has 4 aromatic carbocycles. The monoisotopic (exact) mass is 294 g/mol. The molecule has 110 valence electrons. The van der Waals surface area contributed by atoms with Gasteiger partial charge in [-0.25, -0.2) is 0 Å². The van der Waals surface area contributed by atoms with Crippen LogP contribution in [0.1, 0.15) is 25.0 Å². The first-order valence-corrected chi connectivity index (χ1v) is 8.23. The fourth-order valence-corrected chi connectivity index (χ4v) is 4.29. The van der Waals surface area contributed by atoms with Crippen molar-refractivity contribution in [3.8, 4) is 11.1 Å². The van der Waals surface area contributed by atoms with Crippen molar-refractivity contribution in [1.29, 1.82) is 0 Å². The predicted molar refractivity (Wildman–Crippen MR) is 99.0 cm³/mol. The van der Waals surface area contributed by atoms with Gasteiger partial charge in [-0.3, -0.25) is 0 Å². The molecule has 0 heterocycles. The molecule has 4 aromatic rings. The minimum atomic E-state index is 0.0752. The Hall–Kier alpha value is -2.60.